The molecule has 0 radical (unpaired) electrons. The predicted molar refractivity (Wildman–Crippen MR) is 89.0 cm³/mol. The number of para-hydroxylation sites is 1. The van der Waals surface area contributed by atoms with Gasteiger partial charge in [-0.2, -0.15) is 0 Å². The van der Waals surface area contributed by atoms with Crippen LogP contribution in [0.4, 0.5) is 5.69 Å². The Bertz CT molecular complexity index is 649. The SMILES string of the molecule is OC(c1ccccc1)N1CC2(CCNCC2)c2ccccc21. The van der Waals surface area contributed by atoms with E-state index in [4.69, 9.17) is 0 Å². The van der Waals surface area contributed by atoms with E-state index < -0.39 is 6.23 Å². The lowest BCUT2D eigenvalue weighted by atomic mass is 9.75. The van der Waals surface area contributed by atoms with Crippen LogP contribution in [0.5, 0.6) is 0 Å². The van der Waals surface area contributed by atoms with Gasteiger partial charge in [-0.3, -0.25) is 0 Å². The van der Waals surface area contributed by atoms with Crippen LogP contribution in [0.15, 0.2) is 54.6 Å². The van der Waals surface area contributed by atoms with Gasteiger partial charge < -0.3 is 15.3 Å². The highest BCUT2D eigenvalue weighted by atomic mass is 16.3. The number of hydrogen-bond donors (Lipinski definition) is 2. The second-order valence-corrected chi connectivity index (χ2v) is 6.46. The van der Waals surface area contributed by atoms with E-state index in [-0.39, 0.29) is 5.41 Å². The fraction of sp³-hybridized carbons (Fsp3) is 0.368. The molecule has 0 amide bonds. The van der Waals surface area contributed by atoms with Gasteiger partial charge in [-0.05, 0) is 37.6 Å². The van der Waals surface area contributed by atoms with Gasteiger partial charge in [-0.15, -0.1) is 0 Å². The minimum absolute atomic E-state index is 0.192. The number of aliphatic hydroxyl groups excluding tert-OH is 1. The van der Waals surface area contributed by atoms with E-state index in [9.17, 15) is 5.11 Å². The average Bonchev–Trinajstić information content (AvgIpc) is 2.90. The molecule has 2 aromatic carbocycles. The third kappa shape index (κ3) is 2.13. The van der Waals surface area contributed by atoms with Crippen molar-refractivity contribution in [2.75, 3.05) is 24.5 Å². The van der Waals surface area contributed by atoms with Gasteiger partial charge in [0, 0.05) is 23.2 Å². The fourth-order valence-corrected chi connectivity index (χ4v) is 4.03. The molecule has 2 heterocycles. The Kier molecular flexibility index (Phi) is 3.40. The molecule has 4 rings (SSSR count). The zero-order chi connectivity index (χ0) is 15.0. The van der Waals surface area contributed by atoms with Gasteiger partial charge in [-0.1, -0.05) is 48.5 Å². The largest absolute Gasteiger partial charge is 0.369 e. The number of nitrogens with zero attached hydrogens (tertiary/aromatic N) is 1. The zero-order valence-electron chi connectivity index (χ0n) is 12.7. The molecule has 0 saturated carbocycles. The lowest BCUT2D eigenvalue weighted by molar-refractivity contribution is 0.164. The van der Waals surface area contributed by atoms with E-state index >= 15 is 0 Å². The Morgan fingerprint density at radius 3 is 2.41 bits per heavy atom. The van der Waals surface area contributed by atoms with E-state index in [0.717, 1.165) is 38.0 Å². The second kappa shape index (κ2) is 5.41. The molecule has 2 aromatic rings. The monoisotopic (exact) mass is 294 g/mol. The smallest absolute Gasteiger partial charge is 0.153 e. The quantitative estimate of drug-likeness (QED) is 0.894. The molecule has 2 aliphatic rings. The molecule has 3 heteroatoms. The maximum absolute atomic E-state index is 10.9. The van der Waals surface area contributed by atoms with Crippen molar-refractivity contribution in [1.29, 1.82) is 0 Å². The van der Waals surface area contributed by atoms with E-state index in [2.05, 4.69) is 34.5 Å². The van der Waals surface area contributed by atoms with E-state index in [1.165, 1.54) is 11.3 Å². The number of hydrogen-bond acceptors (Lipinski definition) is 3. The third-order valence-corrected chi connectivity index (χ3v) is 5.21. The van der Waals surface area contributed by atoms with Gasteiger partial charge in [-0.25, -0.2) is 0 Å². The number of anilines is 1. The molecule has 1 fully saturated rings. The van der Waals surface area contributed by atoms with Crippen molar-refractivity contribution in [1.82, 2.24) is 5.32 Å². The molecular formula is C19H22N2O. The van der Waals surface area contributed by atoms with Gasteiger partial charge >= 0.3 is 0 Å². The molecule has 22 heavy (non-hydrogen) atoms. The topological polar surface area (TPSA) is 35.5 Å². The summed E-state index contributed by atoms with van der Waals surface area (Å²) in [6, 6.07) is 18.6. The maximum Gasteiger partial charge on any atom is 0.153 e. The summed E-state index contributed by atoms with van der Waals surface area (Å²) in [6.45, 7) is 3.03. The first-order valence-electron chi connectivity index (χ1n) is 8.10. The van der Waals surface area contributed by atoms with Crippen LogP contribution in [0.25, 0.3) is 0 Å². The summed E-state index contributed by atoms with van der Waals surface area (Å²) >= 11 is 0. The average molecular weight is 294 g/mol. The summed E-state index contributed by atoms with van der Waals surface area (Å²) in [4.78, 5) is 2.18. The van der Waals surface area contributed by atoms with E-state index in [0.29, 0.717) is 0 Å². The van der Waals surface area contributed by atoms with Crippen molar-refractivity contribution in [3.8, 4) is 0 Å². The number of piperidine rings is 1. The molecule has 0 aliphatic carbocycles. The number of nitrogens with one attached hydrogen (secondary N) is 1. The summed E-state index contributed by atoms with van der Waals surface area (Å²) in [5.41, 5.74) is 3.76. The number of fused-ring (bicyclic) bond motifs is 2. The van der Waals surface area contributed by atoms with Crippen LogP contribution in [0.1, 0.15) is 30.2 Å². The maximum atomic E-state index is 10.9. The van der Waals surface area contributed by atoms with Crippen LogP contribution < -0.4 is 10.2 Å². The molecule has 0 bridgehead atoms. The van der Waals surface area contributed by atoms with Crippen molar-refractivity contribution in [2.45, 2.75) is 24.5 Å². The number of benzene rings is 2. The first-order valence-corrected chi connectivity index (χ1v) is 8.10. The highest BCUT2D eigenvalue weighted by Gasteiger charge is 2.44. The standard InChI is InChI=1S/C19H22N2O/c22-18(15-6-2-1-3-7-15)21-14-19(10-12-20-13-11-19)16-8-4-5-9-17(16)21/h1-9,18,20,22H,10-14H2. The molecular weight excluding hydrogens is 272 g/mol. The normalized spacial score (nSPS) is 20.9. The minimum Gasteiger partial charge on any atom is -0.369 e. The zero-order valence-corrected chi connectivity index (χ0v) is 12.7. The number of rotatable bonds is 2. The minimum atomic E-state index is -0.573. The molecule has 114 valence electrons. The fourth-order valence-electron chi connectivity index (χ4n) is 4.03. The van der Waals surface area contributed by atoms with Crippen LogP contribution in [0.2, 0.25) is 0 Å². The number of aliphatic hydroxyl groups is 1. The Hall–Kier alpha value is -1.84. The van der Waals surface area contributed by atoms with E-state index in [1.54, 1.807) is 0 Å². The summed E-state index contributed by atoms with van der Waals surface area (Å²) in [6.07, 6.45) is 1.71. The molecule has 1 unspecified atom stereocenters. The van der Waals surface area contributed by atoms with Gasteiger partial charge in [0.1, 0.15) is 0 Å². The van der Waals surface area contributed by atoms with Gasteiger partial charge in [0.25, 0.3) is 0 Å². The summed E-state index contributed by atoms with van der Waals surface area (Å²) in [5.74, 6) is 0. The van der Waals surface area contributed by atoms with Crippen molar-refractivity contribution < 1.29 is 5.11 Å². The van der Waals surface area contributed by atoms with Gasteiger partial charge in [0.05, 0.1) is 0 Å². The molecule has 3 nitrogen and oxygen atoms in total. The third-order valence-electron chi connectivity index (χ3n) is 5.21. The molecule has 1 saturated heterocycles. The van der Waals surface area contributed by atoms with Crippen molar-refractivity contribution in [3.05, 3.63) is 65.7 Å². The Morgan fingerprint density at radius 1 is 0.955 bits per heavy atom. The van der Waals surface area contributed by atoms with Crippen molar-refractivity contribution in [3.63, 3.8) is 0 Å². The highest BCUT2D eigenvalue weighted by Crippen LogP contribution is 2.48. The lowest BCUT2D eigenvalue weighted by Crippen LogP contribution is -2.43. The molecule has 1 atom stereocenters. The van der Waals surface area contributed by atoms with Crippen molar-refractivity contribution in [2.24, 2.45) is 0 Å². The Morgan fingerprint density at radius 2 is 1.64 bits per heavy atom. The second-order valence-electron chi connectivity index (χ2n) is 6.46. The molecule has 2 aliphatic heterocycles. The molecule has 0 aromatic heterocycles. The first-order chi connectivity index (χ1) is 10.8. The summed E-state index contributed by atoms with van der Waals surface area (Å²) in [7, 11) is 0. The Balaban J connectivity index is 1.73. The van der Waals surface area contributed by atoms with Crippen LogP contribution in [0, 0.1) is 0 Å². The van der Waals surface area contributed by atoms with Gasteiger partial charge in [0.2, 0.25) is 0 Å². The summed E-state index contributed by atoms with van der Waals surface area (Å²) in [5, 5.41) is 14.4. The van der Waals surface area contributed by atoms with Gasteiger partial charge in [0.15, 0.2) is 6.23 Å². The lowest BCUT2D eigenvalue weighted by Gasteiger charge is -2.36. The predicted octanol–water partition coefficient (Wildman–Crippen LogP) is 2.82. The van der Waals surface area contributed by atoms with E-state index in [1.807, 2.05) is 30.3 Å². The van der Waals surface area contributed by atoms with Crippen LogP contribution in [0.3, 0.4) is 0 Å². The van der Waals surface area contributed by atoms with Crippen molar-refractivity contribution >= 4 is 5.69 Å². The van der Waals surface area contributed by atoms with Crippen LogP contribution in [-0.2, 0) is 5.41 Å². The first kappa shape index (κ1) is 13.8. The Labute approximate surface area is 131 Å². The molecule has 1 spiro atoms. The highest BCUT2D eigenvalue weighted by molar-refractivity contribution is 5.63. The van der Waals surface area contributed by atoms with Crippen LogP contribution in [-0.4, -0.2) is 24.7 Å². The van der Waals surface area contributed by atoms with Crippen LogP contribution >= 0.6 is 0 Å². The summed E-state index contributed by atoms with van der Waals surface area (Å²) < 4.78 is 0. The molecule has 2 N–H and O–H groups in total.